The van der Waals surface area contributed by atoms with Crippen LogP contribution in [0.2, 0.25) is 0 Å². The summed E-state index contributed by atoms with van der Waals surface area (Å²) in [4.78, 5) is 0. The Bertz CT molecular complexity index is 1170. The fourth-order valence-electron chi connectivity index (χ4n) is 3.76. The fraction of sp³-hybridized carbons (Fsp3) is 0.115. The van der Waals surface area contributed by atoms with Gasteiger partial charge in [0.25, 0.3) is 0 Å². The SMILES string of the molecule is Cc1ccc(C2=C[C@@H](c3ccccc3)n3nc(-c4ccc(C)cc4)cc3N2)cc1. The molecule has 0 spiro atoms. The number of hydrogen-bond acceptors (Lipinski definition) is 2. The van der Waals surface area contributed by atoms with E-state index in [1.54, 1.807) is 0 Å². The van der Waals surface area contributed by atoms with Crippen molar-refractivity contribution >= 4 is 11.5 Å². The van der Waals surface area contributed by atoms with E-state index in [9.17, 15) is 0 Å². The first kappa shape index (κ1) is 17.5. The number of nitrogens with one attached hydrogen (secondary N) is 1. The maximum absolute atomic E-state index is 4.96. The quantitative estimate of drug-likeness (QED) is 0.459. The average molecular weight is 377 g/mol. The van der Waals surface area contributed by atoms with E-state index in [1.165, 1.54) is 22.3 Å². The molecule has 1 N–H and O–H groups in total. The van der Waals surface area contributed by atoms with Gasteiger partial charge in [0.15, 0.2) is 0 Å². The highest BCUT2D eigenvalue weighted by atomic mass is 15.4. The van der Waals surface area contributed by atoms with Crippen LogP contribution in [0, 0.1) is 13.8 Å². The van der Waals surface area contributed by atoms with Gasteiger partial charge < -0.3 is 5.32 Å². The summed E-state index contributed by atoms with van der Waals surface area (Å²) in [6.45, 7) is 4.22. The summed E-state index contributed by atoms with van der Waals surface area (Å²) >= 11 is 0. The van der Waals surface area contributed by atoms with Crippen molar-refractivity contribution in [1.82, 2.24) is 9.78 Å². The zero-order valence-electron chi connectivity index (χ0n) is 16.6. The second-order valence-electron chi connectivity index (χ2n) is 7.65. The van der Waals surface area contributed by atoms with Crippen molar-refractivity contribution in [3.05, 3.63) is 113 Å². The molecule has 3 aromatic carbocycles. The van der Waals surface area contributed by atoms with Crippen molar-refractivity contribution in [2.75, 3.05) is 5.32 Å². The van der Waals surface area contributed by atoms with E-state index in [-0.39, 0.29) is 6.04 Å². The average Bonchev–Trinajstić information content (AvgIpc) is 3.19. The molecule has 0 saturated carbocycles. The van der Waals surface area contributed by atoms with Crippen LogP contribution in [-0.4, -0.2) is 9.78 Å². The summed E-state index contributed by atoms with van der Waals surface area (Å²) in [5.41, 5.74) is 8.13. The van der Waals surface area contributed by atoms with Crippen LogP contribution < -0.4 is 5.32 Å². The fourth-order valence-corrected chi connectivity index (χ4v) is 3.76. The zero-order chi connectivity index (χ0) is 19.8. The van der Waals surface area contributed by atoms with Gasteiger partial charge in [-0.25, -0.2) is 4.68 Å². The van der Waals surface area contributed by atoms with E-state index in [0.717, 1.165) is 22.8 Å². The molecule has 0 amide bonds. The van der Waals surface area contributed by atoms with Crippen molar-refractivity contribution in [2.24, 2.45) is 0 Å². The Morgan fingerprint density at radius 3 is 2.03 bits per heavy atom. The van der Waals surface area contributed by atoms with Gasteiger partial charge in [-0.2, -0.15) is 5.10 Å². The lowest BCUT2D eigenvalue weighted by molar-refractivity contribution is 0.615. The van der Waals surface area contributed by atoms with Crippen LogP contribution in [0.4, 0.5) is 5.82 Å². The molecular weight excluding hydrogens is 354 g/mol. The monoisotopic (exact) mass is 377 g/mol. The zero-order valence-corrected chi connectivity index (χ0v) is 16.6. The van der Waals surface area contributed by atoms with Crippen LogP contribution >= 0.6 is 0 Å². The highest BCUT2D eigenvalue weighted by molar-refractivity contribution is 5.80. The van der Waals surface area contributed by atoms with Crippen LogP contribution in [-0.2, 0) is 0 Å². The molecule has 0 unspecified atom stereocenters. The van der Waals surface area contributed by atoms with Crippen LogP contribution in [0.25, 0.3) is 17.0 Å². The van der Waals surface area contributed by atoms with E-state index in [2.05, 4.69) is 115 Å². The molecule has 4 aromatic rings. The number of rotatable bonds is 3. The number of allylic oxidation sites excluding steroid dienone is 1. The lowest BCUT2D eigenvalue weighted by Crippen LogP contribution is -2.19. The first-order valence-corrected chi connectivity index (χ1v) is 9.95. The van der Waals surface area contributed by atoms with Crippen LogP contribution in [0.1, 0.15) is 28.3 Å². The van der Waals surface area contributed by atoms with Gasteiger partial charge in [0.1, 0.15) is 5.82 Å². The summed E-state index contributed by atoms with van der Waals surface area (Å²) in [6.07, 6.45) is 2.26. The molecule has 5 rings (SSSR count). The number of aromatic nitrogens is 2. The van der Waals surface area contributed by atoms with Crippen molar-refractivity contribution in [2.45, 2.75) is 19.9 Å². The molecule has 1 aromatic heterocycles. The van der Waals surface area contributed by atoms with E-state index >= 15 is 0 Å². The standard InChI is InChI=1S/C26H23N3/c1-18-8-12-20(13-9-18)23-16-25(22-6-4-3-5-7-22)29-26(27-23)17-24(28-29)21-14-10-19(2)11-15-21/h3-17,25,27H,1-2H3/t25-/m0/s1. The third-order valence-electron chi connectivity index (χ3n) is 5.44. The minimum absolute atomic E-state index is 0.0444. The van der Waals surface area contributed by atoms with Gasteiger partial charge in [0.05, 0.1) is 11.7 Å². The molecule has 0 radical (unpaired) electrons. The number of anilines is 1. The van der Waals surface area contributed by atoms with Gasteiger partial charge in [0, 0.05) is 17.3 Å². The summed E-state index contributed by atoms with van der Waals surface area (Å²) in [7, 11) is 0. The summed E-state index contributed by atoms with van der Waals surface area (Å²) in [6, 6.07) is 29.9. The summed E-state index contributed by atoms with van der Waals surface area (Å²) < 4.78 is 2.09. The lowest BCUT2D eigenvalue weighted by atomic mass is 10.0. The predicted molar refractivity (Wildman–Crippen MR) is 120 cm³/mol. The molecule has 29 heavy (non-hydrogen) atoms. The van der Waals surface area contributed by atoms with Gasteiger partial charge in [-0.3, -0.25) is 0 Å². The van der Waals surface area contributed by atoms with Gasteiger partial charge >= 0.3 is 0 Å². The first-order valence-electron chi connectivity index (χ1n) is 9.95. The smallest absolute Gasteiger partial charge is 0.130 e. The Morgan fingerprint density at radius 2 is 1.38 bits per heavy atom. The maximum atomic E-state index is 4.96. The molecular formula is C26H23N3. The molecule has 1 atom stereocenters. The number of nitrogens with zero attached hydrogens (tertiary/aromatic N) is 2. The van der Waals surface area contributed by atoms with E-state index in [1.807, 2.05) is 0 Å². The van der Waals surface area contributed by atoms with Crippen LogP contribution in [0.5, 0.6) is 0 Å². The number of benzene rings is 3. The molecule has 0 saturated heterocycles. The number of hydrogen-bond donors (Lipinski definition) is 1. The molecule has 0 aliphatic carbocycles. The van der Waals surface area contributed by atoms with Crippen molar-refractivity contribution in [3.8, 4) is 11.3 Å². The van der Waals surface area contributed by atoms with Crippen LogP contribution in [0.15, 0.2) is 91.0 Å². The third-order valence-corrected chi connectivity index (χ3v) is 5.44. The molecule has 0 bridgehead atoms. The minimum atomic E-state index is 0.0444. The van der Waals surface area contributed by atoms with Crippen molar-refractivity contribution < 1.29 is 0 Å². The molecule has 3 nitrogen and oxygen atoms in total. The summed E-state index contributed by atoms with van der Waals surface area (Å²) in [5.74, 6) is 1.01. The van der Waals surface area contributed by atoms with E-state index in [0.29, 0.717) is 0 Å². The second-order valence-corrected chi connectivity index (χ2v) is 7.65. The van der Waals surface area contributed by atoms with Crippen molar-refractivity contribution in [1.29, 1.82) is 0 Å². The molecule has 1 aliphatic heterocycles. The van der Waals surface area contributed by atoms with Gasteiger partial charge in [-0.15, -0.1) is 0 Å². The van der Waals surface area contributed by atoms with Gasteiger partial charge in [-0.1, -0.05) is 90.0 Å². The Labute approximate surface area is 171 Å². The largest absolute Gasteiger partial charge is 0.340 e. The highest BCUT2D eigenvalue weighted by Crippen LogP contribution is 2.35. The second kappa shape index (κ2) is 7.10. The Hall–Kier alpha value is -3.59. The van der Waals surface area contributed by atoms with Gasteiger partial charge in [0.2, 0.25) is 0 Å². The topological polar surface area (TPSA) is 29.9 Å². The number of fused-ring (bicyclic) bond motifs is 1. The lowest BCUT2D eigenvalue weighted by Gasteiger charge is -2.25. The normalized spacial score (nSPS) is 15.4. The minimum Gasteiger partial charge on any atom is -0.340 e. The summed E-state index contributed by atoms with van der Waals surface area (Å²) in [5, 5.41) is 8.56. The molecule has 142 valence electrons. The first-order chi connectivity index (χ1) is 14.2. The maximum Gasteiger partial charge on any atom is 0.130 e. The number of aryl methyl sites for hydroxylation is 2. The highest BCUT2D eigenvalue weighted by Gasteiger charge is 2.24. The Morgan fingerprint density at radius 1 is 0.759 bits per heavy atom. The molecule has 3 heteroatoms. The third kappa shape index (κ3) is 3.36. The van der Waals surface area contributed by atoms with E-state index in [4.69, 9.17) is 5.10 Å². The molecule has 0 fully saturated rings. The Kier molecular flexibility index (Phi) is 4.28. The predicted octanol–water partition coefficient (Wildman–Crippen LogP) is 6.22. The molecule has 2 heterocycles. The van der Waals surface area contributed by atoms with Crippen LogP contribution in [0.3, 0.4) is 0 Å². The van der Waals surface area contributed by atoms with E-state index < -0.39 is 0 Å². The molecule has 1 aliphatic rings. The van der Waals surface area contributed by atoms with Gasteiger partial charge in [-0.05, 0) is 31.1 Å². The Balaban J connectivity index is 1.61. The van der Waals surface area contributed by atoms with Crippen molar-refractivity contribution in [3.63, 3.8) is 0 Å².